The first kappa shape index (κ1) is 35.1. The van der Waals surface area contributed by atoms with Gasteiger partial charge in [-0.05, 0) is 12.8 Å². The Labute approximate surface area is 217 Å². The lowest BCUT2D eigenvalue weighted by Gasteiger charge is -2.10. The Morgan fingerprint density at radius 2 is 0.500 bits per heavy atom. The minimum Gasteiger partial charge on any atom is -1.00 e. The van der Waals surface area contributed by atoms with E-state index >= 15 is 0 Å². The molecule has 0 N–H and O–H groups in total. The fourth-order valence-corrected chi connectivity index (χ4v) is 5.90. The molecule has 0 heterocycles. The molecule has 0 amide bonds. The van der Waals surface area contributed by atoms with Crippen LogP contribution in [-0.2, 0) is 0 Å². The summed E-state index contributed by atoms with van der Waals surface area (Å²) in [6.07, 6.45) is 38.6. The predicted molar refractivity (Wildman–Crippen MR) is 151 cm³/mol. The summed E-state index contributed by atoms with van der Waals surface area (Å²) in [4.78, 5) is 0. The lowest BCUT2D eigenvalue weighted by atomic mass is 10.0. The highest BCUT2D eigenvalue weighted by atomic mass is 79.9. The van der Waals surface area contributed by atoms with Gasteiger partial charge in [-0.15, -0.1) is 0 Å². The lowest BCUT2D eigenvalue weighted by molar-refractivity contribution is -0.00000719. The van der Waals surface area contributed by atoms with E-state index in [2.05, 4.69) is 26.9 Å². The largest absolute Gasteiger partial charge is 1.00 e. The summed E-state index contributed by atoms with van der Waals surface area (Å²) < 4.78 is 0. The normalized spacial score (nSPS) is 11.6. The van der Waals surface area contributed by atoms with Gasteiger partial charge in [0.05, 0.1) is 6.16 Å². The molecule has 0 aliphatic heterocycles. The van der Waals surface area contributed by atoms with E-state index in [-0.39, 0.29) is 17.0 Å². The molecule has 0 bridgehead atoms. The first-order chi connectivity index (χ1) is 15.1. The maximum atomic E-state index is 2.48. The van der Waals surface area contributed by atoms with E-state index in [0.717, 1.165) is 0 Å². The van der Waals surface area contributed by atoms with Crippen LogP contribution in [0.4, 0.5) is 0 Å². The van der Waals surface area contributed by atoms with Gasteiger partial charge >= 0.3 is 0 Å². The second-order valence-corrected chi connectivity index (χ2v) is 16.5. The number of hydrogen-bond acceptors (Lipinski definition) is 0. The van der Waals surface area contributed by atoms with E-state index in [1.54, 1.807) is 0 Å². The Kier molecular flexibility index (Phi) is 30.9. The monoisotopic (exact) mass is 534 g/mol. The fourth-order valence-electron chi connectivity index (χ4n) is 4.73. The highest BCUT2D eigenvalue weighted by Crippen LogP contribution is 2.47. The molecule has 2 heteroatoms. The average molecular weight is 536 g/mol. The third-order valence-electron chi connectivity index (χ3n) is 6.93. The summed E-state index contributed by atoms with van der Waals surface area (Å²) in [5.74, 6) is 0. The second-order valence-electron chi connectivity index (χ2n) is 11.5. The van der Waals surface area contributed by atoms with Crippen LogP contribution in [0.5, 0.6) is 0 Å². The van der Waals surface area contributed by atoms with Crippen molar-refractivity contribution in [2.45, 2.75) is 167 Å². The van der Waals surface area contributed by atoms with E-state index in [9.17, 15) is 0 Å². The molecule has 0 aliphatic carbocycles. The molecule has 196 valence electrons. The Morgan fingerprint density at radius 1 is 0.312 bits per heavy atom. The standard InChI is InChI=1S/C30H64P.BrH/c1-5-6-7-8-9-10-11-12-13-14-15-16-17-18-19-20-21-22-23-24-25-26-27-28-29-30-31(2,3)4;/h5-30H2,1-4H3;1H/q+1;/p-1. The SMILES string of the molecule is CCCCCCCCCCCCCCCCCCCCCCCCCCC[P+](C)(C)C.[Br-]. The second kappa shape index (κ2) is 28.1. The number of unbranched alkanes of at least 4 members (excludes halogenated alkanes) is 24. The smallest absolute Gasteiger partial charge is 0.0586 e. The van der Waals surface area contributed by atoms with Gasteiger partial charge in [0.1, 0.15) is 0 Å². The molecular weight excluding hydrogens is 471 g/mol. The molecule has 0 spiro atoms. The van der Waals surface area contributed by atoms with Gasteiger partial charge in [0.15, 0.2) is 0 Å². The van der Waals surface area contributed by atoms with Gasteiger partial charge < -0.3 is 17.0 Å². The highest BCUT2D eigenvalue weighted by Gasteiger charge is 2.15. The van der Waals surface area contributed by atoms with Gasteiger partial charge in [-0.25, -0.2) is 0 Å². The zero-order chi connectivity index (χ0) is 22.9. The molecule has 0 fully saturated rings. The van der Waals surface area contributed by atoms with Gasteiger partial charge in [-0.3, -0.25) is 0 Å². The summed E-state index contributed by atoms with van der Waals surface area (Å²) in [5.41, 5.74) is 0. The Bertz CT molecular complexity index is 323. The Morgan fingerprint density at radius 3 is 0.688 bits per heavy atom. The van der Waals surface area contributed by atoms with Crippen molar-refractivity contribution in [3.8, 4) is 0 Å². The van der Waals surface area contributed by atoms with Crippen LogP contribution in [0.2, 0.25) is 0 Å². The third kappa shape index (κ3) is 33.1. The number of hydrogen-bond donors (Lipinski definition) is 0. The fraction of sp³-hybridized carbons (Fsp3) is 1.00. The van der Waals surface area contributed by atoms with Gasteiger partial charge in [-0.1, -0.05) is 155 Å². The van der Waals surface area contributed by atoms with Crippen molar-refractivity contribution in [2.24, 2.45) is 0 Å². The minimum atomic E-state index is -0.514. The molecule has 0 nitrogen and oxygen atoms in total. The van der Waals surface area contributed by atoms with Crippen LogP contribution in [0.25, 0.3) is 0 Å². The van der Waals surface area contributed by atoms with Crippen molar-refractivity contribution < 1.29 is 17.0 Å². The van der Waals surface area contributed by atoms with Crippen LogP contribution in [0.3, 0.4) is 0 Å². The Balaban J connectivity index is 0. The molecule has 0 rings (SSSR count). The highest BCUT2D eigenvalue weighted by molar-refractivity contribution is 7.73. The van der Waals surface area contributed by atoms with E-state index < -0.39 is 7.26 Å². The van der Waals surface area contributed by atoms with Gasteiger partial charge in [-0.2, -0.15) is 0 Å². The van der Waals surface area contributed by atoms with Crippen molar-refractivity contribution in [1.82, 2.24) is 0 Å². The molecule has 0 atom stereocenters. The molecule has 0 aromatic heterocycles. The van der Waals surface area contributed by atoms with Gasteiger partial charge in [0.25, 0.3) is 0 Å². The molecule has 0 aromatic carbocycles. The van der Waals surface area contributed by atoms with Crippen molar-refractivity contribution in [3.05, 3.63) is 0 Å². The zero-order valence-electron chi connectivity index (χ0n) is 23.2. The average Bonchev–Trinajstić information content (AvgIpc) is 2.73. The minimum absolute atomic E-state index is 0. The molecule has 0 aromatic rings. The van der Waals surface area contributed by atoms with E-state index in [4.69, 9.17) is 0 Å². The third-order valence-corrected chi connectivity index (χ3v) is 8.59. The molecular formula is C30H64BrP. The van der Waals surface area contributed by atoms with Crippen molar-refractivity contribution in [2.75, 3.05) is 26.2 Å². The van der Waals surface area contributed by atoms with E-state index in [1.165, 1.54) is 167 Å². The van der Waals surface area contributed by atoms with Crippen LogP contribution >= 0.6 is 7.26 Å². The molecule has 0 aliphatic rings. The summed E-state index contributed by atoms with van der Waals surface area (Å²) in [6, 6.07) is 0. The van der Waals surface area contributed by atoms with Crippen molar-refractivity contribution in [3.63, 3.8) is 0 Å². The summed E-state index contributed by atoms with van der Waals surface area (Å²) >= 11 is 0. The number of rotatable bonds is 26. The quantitative estimate of drug-likeness (QED) is 0.0768. The molecule has 32 heavy (non-hydrogen) atoms. The Hall–Kier alpha value is 0.910. The molecule has 0 saturated heterocycles. The molecule has 0 unspecified atom stereocenters. The maximum absolute atomic E-state index is 2.48. The summed E-state index contributed by atoms with van der Waals surface area (Å²) in [6.45, 7) is 9.74. The van der Waals surface area contributed by atoms with Crippen LogP contribution < -0.4 is 17.0 Å². The van der Waals surface area contributed by atoms with Crippen LogP contribution in [0.1, 0.15) is 167 Å². The van der Waals surface area contributed by atoms with Gasteiger partial charge in [0.2, 0.25) is 0 Å². The van der Waals surface area contributed by atoms with E-state index in [1.807, 2.05) is 0 Å². The molecule has 0 saturated carbocycles. The van der Waals surface area contributed by atoms with Crippen LogP contribution in [0.15, 0.2) is 0 Å². The van der Waals surface area contributed by atoms with Crippen molar-refractivity contribution >= 4 is 7.26 Å². The maximum Gasteiger partial charge on any atom is 0.0586 e. The van der Waals surface area contributed by atoms with Gasteiger partial charge in [0, 0.05) is 27.3 Å². The summed E-state index contributed by atoms with van der Waals surface area (Å²) in [7, 11) is -0.514. The van der Waals surface area contributed by atoms with Crippen LogP contribution in [0, 0.1) is 0 Å². The lowest BCUT2D eigenvalue weighted by Crippen LogP contribution is -3.00. The predicted octanol–water partition coefficient (Wildman–Crippen LogP) is 8.67. The topological polar surface area (TPSA) is 0 Å². The van der Waals surface area contributed by atoms with E-state index in [0.29, 0.717) is 0 Å². The zero-order valence-corrected chi connectivity index (χ0v) is 25.7. The van der Waals surface area contributed by atoms with Crippen LogP contribution in [-0.4, -0.2) is 26.2 Å². The van der Waals surface area contributed by atoms with Crippen molar-refractivity contribution in [1.29, 1.82) is 0 Å². The molecule has 0 radical (unpaired) electrons. The number of halogens is 1. The first-order valence-electron chi connectivity index (χ1n) is 14.9. The summed E-state index contributed by atoms with van der Waals surface area (Å²) in [5, 5.41) is 0. The first-order valence-corrected chi connectivity index (χ1v) is 18.2.